The van der Waals surface area contributed by atoms with Crippen LogP contribution in [0.1, 0.15) is 36.8 Å². The van der Waals surface area contributed by atoms with Gasteiger partial charge >= 0.3 is 0 Å². The van der Waals surface area contributed by atoms with Gasteiger partial charge in [-0.3, -0.25) is 0 Å². The molecule has 0 aromatic heterocycles. The van der Waals surface area contributed by atoms with Crippen LogP contribution in [0.2, 0.25) is 0 Å². The van der Waals surface area contributed by atoms with Crippen molar-refractivity contribution in [2.75, 3.05) is 0 Å². The normalized spacial score (nSPS) is 12.7. The van der Waals surface area contributed by atoms with Crippen LogP contribution < -0.4 is 0 Å². The molecule has 0 fully saturated rings. The van der Waals surface area contributed by atoms with E-state index in [4.69, 9.17) is 17.6 Å². The van der Waals surface area contributed by atoms with Gasteiger partial charge in [-0.15, -0.1) is 24.7 Å². The second-order valence-electron chi connectivity index (χ2n) is 6.25. The Labute approximate surface area is 152 Å². The lowest BCUT2D eigenvalue weighted by molar-refractivity contribution is -0.0180. The first-order valence-electron chi connectivity index (χ1n) is 8.92. The molecule has 0 aliphatic heterocycles. The van der Waals surface area contributed by atoms with Gasteiger partial charge < -0.3 is 4.74 Å². The maximum Gasteiger partial charge on any atom is 0.0628 e. The van der Waals surface area contributed by atoms with Crippen LogP contribution in [0.25, 0.3) is 0 Å². The fourth-order valence-corrected chi connectivity index (χ4v) is 2.95. The number of benzene rings is 2. The first-order valence-corrected chi connectivity index (χ1v) is 8.92. The summed E-state index contributed by atoms with van der Waals surface area (Å²) in [5.41, 5.74) is 2.56. The molecule has 0 saturated carbocycles. The molecule has 0 heterocycles. The highest BCUT2D eigenvalue weighted by atomic mass is 16.5. The molecule has 25 heavy (non-hydrogen) atoms. The highest BCUT2D eigenvalue weighted by Crippen LogP contribution is 2.18. The summed E-state index contributed by atoms with van der Waals surface area (Å²) in [6, 6.07) is 20.9. The van der Waals surface area contributed by atoms with Crippen molar-refractivity contribution < 1.29 is 4.74 Å². The van der Waals surface area contributed by atoms with Gasteiger partial charge in [-0.2, -0.15) is 0 Å². The first kappa shape index (κ1) is 18.9. The van der Waals surface area contributed by atoms with E-state index in [1.165, 1.54) is 11.1 Å². The molecule has 2 aromatic rings. The van der Waals surface area contributed by atoms with Crippen LogP contribution in [-0.4, -0.2) is 12.2 Å². The van der Waals surface area contributed by atoms with Crippen molar-refractivity contribution in [3.05, 3.63) is 71.8 Å². The molecule has 1 nitrogen and oxygen atoms in total. The molecule has 2 unspecified atom stereocenters. The fraction of sp³-hybridized carbons (Fsp3) is 0.333. The van der Waals surface area contributed by atoms with Crippen LogP contribution in [0.3, 0.4) is 0 Å². The molecule has 0 aliphatic rings. The van der Waals surface area contributed by atoms with E-state index >= 15 is 0 Å². The van der Waals surface area contributed by atoms with Crippen molar-refractivity contribution in [3.8, 4) is 24.7 Å². The van der Waals surface area contributed by atoms with Crippen molar-refractivity contribution in [3.63, 3.8) is 0 Å². The van der Waals surface area contributed by atoms with Crippen LogP contribution >= 0.6 is 0 Å². The molecule has 0 bridgehead atoms. The Morgan fingerprint density at radius 3 is 1.44 bits per heavy atom. The first-order chi connectivity index (χ1) is 12.3. The fourth-order valence-electron chi connectivity index (χ4n) is 2.95. The van der Waals surface area contributed by atoms with E-state index in [9.17, 15) is 0 Å². The van der Waals surface area contributed by atoms with Gasteiger partial charge in [0.1, 0.15) is 0 Å². The summed E-state index contributed by atoms with van der Waals surface area (Å²) in [6.07, 6.45) is 16.1. The zero-order chi connectivity index (χ0) is 17.7. The number of hydrogen-bond acceptors (Lipinski definition) is 1. The van der Waals surface area contributed by atoms with Gasteiger partial charge in [0.15, 0.2) is 0 Å². The van der Waals surface area contributed by atoms with Crippen molar-refractivity contribution in [2.45, 2.75) is 50.7 Å². The Bertz CT molecular complexity index is 614. The van der Waals surface area contributed by atoms with E-state index in [-0.39, 0.29) is 12.2 Å². The summed E-state index contributed by atoms with van der Waals surface area (Å²) in [4.78, 5) is 0. The third-order valence-electron chi connectivity index (χ3n) is 4.22. The van der Waals surface area contributed by atoms with Crippen molar-refractivity contribution >= 4 is 0 Å². The van der Waals surface area contributed by atoms with E-state index in [0.29, 0.717) is 0 Å². The minimum atomic E-state index is 0.116. The molecule has 2 rings (SSSR count). The Morgan fingerprint density at radius 1 is 0.680 bits per heavy atom. The summed E-state index contributed by atoms with van der Waals surface area (Å²) in [5, 5.41) is 0. The van der Waals surface area contributed by atoms with E-state index in [1.54, 1.807) is 0 Å². The van der Waals surface area contributed by atoms with Crippen LogP contribution in [0, 0.1) is 24.7 Å². The lowest BCUT2D eigenvalue weighted by Gasteiger charge is -2.25. The van der Waals surface area contributed by atoms with E-state index in [2.05, 4.69) is 60.4 Å². The molecule has 128 valence electrons. The van der Waals surface area contributed by atoms with Crippen molar-refractivity contribution in [1.29, 1.82) is 0 Å². The average Bonchev–Trinajstić information content (AvgIpc) is 2.66. The predicted octanol–water partition coefficient (Wildman–Crippen LogP) is 5.05. The molecule has 1 heteroatoms. The standard InChI is InChI=1S/C24H26O/c1-3-5-17-23(19-21-13-9-7-10-14-21)25-24(18-6-4-2)20-22-15-11-8-12-16-22/h1-2,7-16,23-24H,5-6,17-20H2. The molecular weight excluding hydrogens is 304 g/mol. The lowest BCUT2D eigenvalue weighted by atomic mass is 10.0. The van der Waals surface area contributed by atoms with Gasteiger partial charge in [0.25, 0.3) is 0 Å². The van der Waals surface area contributed by atoms with Crippen molar-refractivity contribution in [1.82, 2.24) is 0 Å². The van der Waals surface area contributed by atoms with Crippen LogP contribution in [0.4, 0.5) is 0 Å². The smallest absolute Gasteiger partial charge is 0.0628 e. The summed E-state index contributed by atoms with van der Waals surface area (Å²) in [7, 11) is 0. The number of rotatable bonds is 10. The second kappa shape index (κ2) is 11.1. The van der Waals surface area contributed by atoms with Gasteiger partial charge in [0, 0.05) is 12.8 Å². The second-order valence-corrected chi connectivity index (χ2v) is 6.25. The minimum Gasteiger partial charge on any atom is -0.374 e. The molecule has 0 N–H and O–H groups in total. The summed E-state index contributed by atoms with van der Waals surface area (Å²) < 4.78 is 6.47. The average molecular weight is 330 g/mol. The topological polar surface area (TPSA) is 9.23 Å². The summed E-state index contributed by atoms with van der Waals surface area (Å²) in [5.74, 6) is 5.48. The van der Waals surface area contributed by atoms with Gasteiger partial charge in [0.2, 0.25) is 0 Å². The maximum atomic E-state index is 6.47. The predicted molar refractivity (Wildman–Crippen MR) is 105 cm³/mol. The Balaban J connectivity index is 2.04. The van der Waals surface area contributed by atoms with Crippen LogP contribution in [-0.2, 0) is 17.6 Å². The third-order valence-corrected chi connectivity index (χ3v) is 4.22. The zero-order valence-electron chi connectivity index (χ0n) is 14.7. The lowest BCUT2D eigenvalue weighted by Crippen LogP contribution is -2.26. The monoisotopic (exact) mass is 330 g/mol. The minimum absolute atomic E-state index is 0.116. The van der Waals surface area contributed by atoms with Crippen LogP contribution in [0.5, 0.6) is 0 Å². The highest BCUT2D eigenvalue weighted by Gasteiger charge is 2.17. The van der Waals surface area contributed by atoms with E-state index in [1.807, 2.05) is 12.1 Å². The van der Waals surface area contributed by atoms with Crippen LogP contribution in [0.15, 0.2) is 60.7 Å². The molecule has 0 saturated heterocycles. The van der Waals surface area contributed by atoms with Gasteiger partial charge in [-0.25, -0.2) is 0 Å². The Hall–Kier alpha value is -2.48. The third kappa shape index (κ3) is 7.30. The summed E-state index contributed by atoms with van der Waals surface area (Å²) >= 11 is 0. The Kier molecular flexibility index (Phi) is 8.40. The molecule has 0 amide bonds. The van der Waals surface area contributed by atoms with Gasteiger partial charge in [-0.05, 0) is 36.8 Å². The van der Waals surface area contributed by atoms with Crippen molar-refractivity contribution in [2.24, 2.45) is 0 Å². The van der Waals surface area contributed by atoms with E-state index < -0.39 is 0 Å². The molecule has 0 aliphatic carbocycles. The SMILES string of the molecule is C#CCCC(Cc1ccccc1)OC(CCC#C)Cc1ccccc1. The molecule has 0 spiro atoms. The summed E-state index contributed by atoms with van der Waals surface area (Å²) in [6.45, 7) is 0. The van der Waals surface area contributed by atoms with Gasteiger partial charge in [-0.1, -0.05) is 60.7 Å². The highest BCUT2D eigenvalue weighted by molar-refractivity contribution is 5.17. The quantitative estimate of drug-likeness (QED) is 0.554. The molecule has 0 radical (unpaired) electrons. The maximum absolute atomic E-state index is 6.47. The Morgan fingerprint density at radius 2 is 1.08 bits per heavy atom. The molecule has 2 aromatic carbocycles. The number of terminal acetylenes is 2. The molecular formula is C24H26O. The number of ether oxygens (including phenoxy) is 1. The van der Waals surface area contributed by atoms with E-state index in [0.717, 1.165) is 38.5 Å². The zero-order valence-corrected chi connectivity index (χ0v) is 14.7. The molecule has 2 atom stereocenters. The number of hydrogen-bond donors (Lipinski definition) is 0. The largest absolute Gasteiger partial charge is 0.374 e. The van der Waals surface area contributed by atoms with Gasteiger partial charge in [0.05, 0.1) is 12.2 Å².